The highest BCUT2D eigenvalue weighted by atomic mass is 32.1. The van der Waals surface area contributed by atoms with Crippen molar-refractivity contribution in [3.8, 4) is 0 Å². The molecule has 0 unspecified atom stereocenters. The summed E-state index contributed by atoms with van der Waals surface area (Å²) >= 11 is 1.36. The van der Waals surface area contributed by atoms with Crippen LogP contribution in [0, 0.1) is 5.41 Å². The fourth-order valence-electron chi connectivity index (χ4n) is 1.69. The highest BCUT2D eigenvalue weighted by Gasteiger charge is 2.43. The number of anilines is 1. The van der Waals surface area contributed by atoms with Crippen LogP contribution >= 0.6 is 11.5 Å². The largest absolute Gasteiger partial charge is 0.481 e. The molecule has 0 aliphatic heterocycles. The van der Waals surface area contributed by atoms with Gasteiger partial charge in [-0.15, -0.1) is 0 Å². The van der Waals surface area contributed by atoms with Gasteiger partial charge in [0.05, 0.1) is 10.9 Å². The van der Waals surface area contributed by atoms with Gasteiger partial charge in [0.15, 0.2) is 0 Å². The van der Waals surface area contributed by atoms with Gasteiger partial charge in [0.2, 0.25) is 0 Å². The number of benzene rings is 1. The molecular formula is C14H18N2O2S. The van der Waals surface area contributed by atoms with Crippen molar-refractivity contribution in [3.63, 3.8) is 0 Å². The predicted molar refractivity (Wildman–Crippen MR) is 78.7 cm³/mol. The minimum atomic E-state index is -0.891. The summed E-state index contributed by atoms with van der Waals surface area (Å²) in [7, 11) is 0. The Morgan fingerprint density at radius 2 is 1.89 bits per heavy atom. The standard InChI is InChI=1S/C14H18N2O2S/c1-13(2,12(17)18)14(3,4)15-11-9-7-5-6-8-10(9)16-19-11/h5-8,15H,1-4H3,(H,17,18). The van der Waals surface area contributed by atoms with Gasteiger partial charge in [-0.25, -0.2) is 0 Å². The number of nitrogens with zero attached hydrogens (tertiary/aromatic N) is 1. The molecule has 2 N–H and O–H groups in total. The van der Waals surface area contributed by atoms with Crippen LogP contribution in [-0.4, -0.2) is 21.0 Å². The van der Waals surface area contributed by atoms with Gasteiger partial charge >= 0.3 is 5.97 Å². The monoisotopic (exact) mass is 278 g/mol. The molecule has 1 aromatic carbocycles. The van der Waals surface area contributed by atoms with Crippen molar-refractivity contribution in [1.82, 2.24) is 4.37 Å². The van der Waals surface area contributed by atoms with Crippen LogP contribution in [0.4, 0.5) is 5.00 Å². The van der Waals surface area contributed by atoms with E-state index in [0.717, 1.165) is 15.9 Å². The minimum Gasteiger partial charge on any atom is -0.481 e. The molecule has 0 saturated carbocycles. The Balaban J connectivity index is 2.37. The molecule has 5 heteroatoms. The highest BCUT2D eigenvalue weighted by molar-refractivity contribution is 7.11. The molecule has 0 aliphatic carbocycles. The third-order valence-electron chi connectivity index (χ3n) is 3.91. The first-order valence-electron chi connectivity index (χ1n) is 6.12. The highest BCUT2D eigenvalue weighted by Crippen LogP contribution is 2.37. The van der Waals surface area contributed by atoms with E-state index in [-0.39, 0.29) is 0 Å². The molecule has 2 aromatic rings. The van der Waals surface area contributed by atoms with Crippen molar-refractivity contribution in [3.05, 3.63) is 24.3 Å². The van der Waals surface area contributed by atoms with E-state index < -0.39 is 16.9 Å². The molecule has 0 atom stereocenters. The zero-order valence-corrected chi connectivity index (χ0v) is 12.3. The number of fused-ring (bicyclic) bond motifs is 1. The van der Waals surface area contributed by atoms with E-state index in [0.29, 0.717) is 0 Å². The van der Waals surface area contributed by atoms with Crippen molar-refractivity contribution >= 4 is 33.4 Å². The summed E-state index contributed by atoms with van der Waals surface area (Å²) in [4.78, 5) is 11.4. The number of aliphatic carboxylic acids is 1. The summed E-state index contributed by atoms with van der Waals surface area (Å²) < 4.78 is 4.36. The van der Waals surface area contributed by atoms with E-state index in [2.05, 4.69) is 9.69 Å². The van der Waals surface area contributed by atoms with E-state index in [4.69, 9.17) is 0 Å². The number of rotatable bonds is 4. The van der Waals surface area contributed by atoms with Gasteiger partial charge in [-0.05, 0) is 51.4 Å². The van der Waals surface area contributed by atoms with Crippen molar-refractivity contribution < 1.29 is 9.90 Å². The Morgan fingerprint density at radius 1 is 1.26 bits per heavy atom. The summed E-state index contributed by atoms with van der Waals surface area (Å²) in [5, 5.41) is 14.6. The molecule has 19 heavy (non-hydrogen) atoms. The maximum absolute atomic E-state index is 11.4. The number of nitrogens with one attached hydrogen (secondary N) is 1. The lowest BCUT2D eigenvalue weighted by molar-refractivity contribution is -0.149. The van der Waals surface area contributed by atoms with Crippen LogP contribution in [0.15, 0.2) is 24.3 Å². The summed E-state index contributed by atoms with van der Waals surface area (Å²) in [5.74, 6) is -0.821. The second kappa shape index (κ2) is 4.49. The number of hydrogen-bond donors (Lipinski definition) is 2. The third kappa shape index (κ3) is 2.30. The fourth-order valence-corrected chi connectivity index (χ4v) is 2.61. The number of aromatic nitrogens is 1. The summed E-state index contributed by atoms with van der Waals surface area (Å²) in [6, 6.07) is 7.84. The Kier molecular flexibility index (Phi) is 3.26. The molecule has 0 radical (unpaired) electrons. The van der Waals surface area contributed by atoms with Gasteiger partial charge < -0.3 is 10.4 Å². The topological polar surface area (TPSA) is 62.2 Å². The second-order valence-electron chi connectivity index (χ2n) is 5.71. The fraction of sp³-hybridized carbons (Fsp3) is 0.429. The zero-order valence-electron chi connectivity index (χ0n) is 11.5. The maximum atomic E-state index is 11.4. The van der Waals surface area contributed by atoms with Crippen LogP contribution in [0.5, 0.6) is 0 Å². The molecule has 2 rings (SSSR count). The van der Waals surface area contributed by atoms with Crippen molar-refractivity contribution in [2.24, 2.45) is 5.41 Å². The van der Waals surface area contributed by atoms with Crippen LogP contribution in [-0.2, 0) is 4.79 Å². The van der Waals surface area contributed by atoms with Crippen LogP contribution in [0.1, 0.15) is 27.7 Å². The lowest BCUT2D eigenvalue weighted by Crippen LogP contribution is -2.50. The molecule has 0 fully saturated rings. The number of carboxylic acid groups (broad SMARTS) is 1. The average molecular weight is 278 g/mol. The molecule has 0 aliphatic rings. The van der Waals surface area contributed by atoms with E-state index in [1.54, 1.807) is 13.8 Å². The van der Waals surface area contributed by atoms with Gasteiger partial charge in [-0.3, -0.25) is 4.79 Å². The van der Waals surface area contributed by atoms with Crippen LogP contribution in [0.25, 0.3) is 10.9 Å². The number of carboxylic acids is 1. The first-order chi connectivity index (χ1) is 8.75. The molecule has 0 bridgehead atoms. The van der Waals surface area contributed by atoms with Gasteiger partial charge in [0, 0.05) is 10.9 Å². The van der Waals surface area contributed by atoms with E-state index in [1.807, 2.05) is 38.1 Å². The zero-order chi connectivity index (χ0) is 14.3. The van der Waals surface area contributed by atoms with E-state index in [1.165, 1.54) is 11.5 Å². The summed E-state index contributed by atoms with van der Waals surface area (Å²) in [6.07, 6.45) is 0. The van der Waals surface area contributed by atoms with Gasteiger partial charge in [-0.1, -0.05) is 12.1 Å². The molecule has 1 heterocycles. The van der Waals surface area contributed by atoms with Crippen LogP contribution in [0.3, 0.4) is 0 Å². The smallest absolute Gasteiger partial charge is 0.311 e. The van der Waals surface area contributed by atoms with Crippen molar-refractivity contribution in [2.75, 3.05) is 5.32 Å². The summed E-state index contributed by atoms with van der Waals surface area (Å²) in [5.41, 5.74) is -0.550. The molecular weight excluding hydrogens is 260 g/mol. The Labute approximate surface area is 116 Å². The van der Waals surface area contributed by atoms with Crippen LogP contribution in [0.2, 0.25) is 0 Å². The first kappa shape index (κ1) is 13.8. The Morgan fingerprint density at radius 3 is 2.53 bits per heavy atom. The minimum absolute atomic E-state index is 0.589. The van der Waals surface area contributed by atoms with Crippen molar-refractivity contribution in [1.29, 1.82) is 0 Å². The van der Waals surface area contributed by atoms with E-state index in [9.17, 15) is 9.90 Å². The van der Waals surface area contributed by atoms with Gasteiger partial charge in [0.25, 0.3) is 0 Å². The molecule has 1 aromatic heterocycles. The third-order valence-corrected chi connectivity index (χ3v) is 4.70. The molecule has 0 spiro atoms. The maximum Gasteiger partial charge on any atom is 0.311 e. The number of hydrogen-bond acceptors (Lipinski definition) is 4. The van der Waals surface area contributed by atoms with Gasteiger partial charge in [-0.2, -0.15) is 4.37 Å². The normalized spacial score (nSPS) is 12.6. The Bertz CT molecular complexity index is 617. The van der Waals surface area contributed by atoms with Crippen LogP contribution < -0.4 is 5.32 Å². The number of carbonyl (C=O) groups is 1. The molecule has 4 nitrogen and oxygen atoms in total. The van der Waals surface area contributed by atoms with Crippen molar-refractivity contribution in [2.45, 2.75) is 33.2 Å². The molecule has 0 saturated heterocycles. The van der Waals surface area contributed by atoms with Gasteiger partial charge in [0.1, 0.15) is 5.00 Å². The van der Waals surface area contributed by atoms with E-state index >= 15 is 0 Å². The first-order valence-corrected chi connectivity index (χ1v) is 6.89. The SMILES string of the molecule is CC(C)(Nc1snc2ccccc12)C(C)(C)C(=O)O. The Hall–Kier alpha value is -1.62. The summed E-state index contributed by atoms with van der Waals surface area (Å²) in [6.45, 7) is 7.25. The lowest BCUT2D eigenvalue weighted by Gasteiger charge is -2.39. The predicted octanol–water partition coefficient (Wildman–Crippen LogP) is 3.60. The quantitative estimate of drug-likeness (QED) is 0.897. The molecule has 102 valence electrons. The molecule has 0 amide bonds. The average Bonchev–Trinajstić information content (AvgIpc) is 2.72. The second-order valence-corrected chi connectivity index (χ2v) is 6.48. The lowest BCUT2D eigenvalue weighted by atomic mass is 9.74.